The van der Waals surface area contributed by atoms with Gasteiger partial charge in [0.05, 0.1) is 0 Å². The first-order valence-electron chi connectivity index (χ1n) is 4.09. The Morgan fingerprint density at radius 2 is 2.12 bits per heavy atom. The number of rotatable bonds is 3. The fourth-order valence-corrected chi connectivity index (χ4v) is 2.41. The summed E-state index contributed by atoms with van der Waals surface area (Å²) in [6.45, 7) is 0. The molecule has 0 saturated heterocycles. The number of benzene rings is 1. The van der Waals surface area contributed by atoms with Gasteiger partial charge >= 0.3 is 11.9 Å². The normalized spacial score (nSPS) is 13.6. The first-order valence-corrected chi connectivity index (χ1v) is 5.55. The third-order valence-electron chi connectivity index (χ3n) is 1.99. The molecule has 0 saturated carbocycles. The van der Waals surface area contributed by atoms with Crippen LogP contribution >= 0.6 is 34.2 Å². The minimum atomic E-state index is -4.05. The number of carboxylic acid groups (broad SMARTS) is 1. The number of halogens is 4. The van der Waals surface area contributed by atoms with Crippen molar-refractivity contribution in [2.24, 2.45) is 5.73 Å². The number of aliphatic carboxylic acids is 1. The number of carboxylic acids is 1. The van der Waals surface area contributed by atoms with E-state index in [4.69, 9.17) is 22.4 Å². The minimum Gasteiger partial charge on any atom is -0.477 e. The lowest BCUT2D eigenvalue weighted by Gasteiger charge is -2.21. The Balaban J connectivity index is 3.24. The third kappa shape index (κ3) is 2.44. The topological polar surface area (TPSA) is 63.3 Å². The highest BCUT2D eigenvalue weighted by atomic mass is 127. The average Bonchev–Trinajstić information content (AvgIpc) is 2.16. The van der Waals surface area contributed by atoms with Gasteiger partial charge in [0.15, 0.2) is 0 Å². The molecule has 3 nitrogen and oxygen atoms in total. The zero-order chi connectivity index (χ0) is 12.5. The van der Waals surface area contributed by atoms with Gasteiger partial charge in [-0.2, -0.15) is 8.78 Å². The molecule has 0 spiro atoms. The molecular formula is C9H7ClF2INO2. The predicted molar refractivity (Wildman–Crippen MR) is 63.7 cm³/mol. The summed E-state index contributed by atoms with van der Waals surface area (Å²) in [7, 11) is 0. The van der Waals surface area contributed by atoms with Gasteiger partial charge < -0.3 is 10.8 Å². The average molecular weight is 362 g/mol. The fourth-order valence-electron chi connectivity index (χ4n) is 1.12. The molecule has 3 N–H and O–H groups in total. The summed E-state index contributed by atoms with van der Waals surface area (Å²) in [6.07, 6.45) is 0. The fraction of sp³-hybridized carbons (Fsp3) is 0.222. The molecule has 0 aliphatic heterocycles. The van der Waals surface area contributed by atoms with E-state index in [0.717, 1.165) is 0 Å². The summed E-state index contributed by atoms with van der Waals surface area (Å²) in [4.78, 5) is 10.4. The molecule has 16 heavy (non-hydrogen) atoms. The summed E-state index contributed by atoms with van der Waals surface area (Å²) in [6, 6.07) is 2.51. The van der Waals surface area contributed by atoms with Crippen LogP contribution in [0.25, 0.3) is 0 Å². The van der Waals surface area contributed by atoms with E-state index < -0.39 is 17.9 Å². The second kappa shape index (κ2) is 4.80. The molecule has 0 aliphatic rings. The smallest absolute Gasteiger partial charge is 0.376 e. The Kier molecular flexibility index (Phi) is 4.08. The lowest BCUT2D eigenvalue weighted by Crippen LogP contribution is -2.40. The highest BCUT2D eigenvalue weighted by molar-refractivity contribution is 14.1. The van der Waals surface area contributed by atoms with Crippen LogP contribution in [0.3, 0.4) is 0 Å². The molecule has 0 radical (unpaired) electrons. The summed E-state index contributed by atoms with van der Waals surface area (Å²) in [5, 5.41) is 8.41. The maximum absolute atomic E-state index is 13.2. The van der Waals surface area contributed by atoms with Crippen LogP contribution in [-0.2, 0) is 4.79 Å². The molecule has 0 bridgehead atoms. The second-order valence-corrected chi connectivity index (χ2v) is 4.61. The maximum atomic E-state index is 13.2. The minimum absolute atomic E-state index is 0.0281. The molecule has 0 aliphatic carbocycles. The largest absolute Gasteiger partial charge is 0.477 e. The van der Waals surface area contributed by atoms with Crippen molar-refractivity contribution in [2.45, 2.75) is 12.0 Å². The SMILES string of the molecule is N[C@H](c1c(Cl)cccc1I)C(F)(F)C(=O)O. The van der Waals surface area contributed by atoms with Crippen molar-refractivity contribution >= 4 is 40.2 Å². The van der Waals surface area contributed by atoms with Gasteiger partial charge in [-0.1, -0.05) is 17.7 Å². The molecule has 7 heteroatoms. The number of nitrogens with two attached hydrogens (primary N) is 1. The van der Waals surface area contributed by atoms with Crippen LogP contribution in [0.15, 0.2) is 18.2 Å². The Morgan fingerprint density at radius 3 is 2.56 bits per heavy atom. The molecule has 1 aromatic rings. The monoisotopic (exact) mass is 361 g/mol. The Labute approximate surface area is 109 Å². The number of hydrogen-bond donors (Lipinski definition) is 2. The zero-order valence-corrected chi connectivity index (χ0v) is 10.7. The Hall–Kier alpha value is -0.470. The van der Waals surface area contributed by atoms with Crippen molar-refractivity contribution < 1.29 is 18.7 Å². The van der Waals surface area contributed by atoms with Crippen LogP contribution in [0.2, 0.25) is 5.02 Å². The van der Waals surface area contributed by atoms with Crippen LogP contribution in [0.5, 0.6) is 0 Å². The lowest BCUT2D eigenvalue weighted by molar-refractivity contribution is -0.168. The van der Waals surface area contributed by atoms with Gasteiger partial charge in [0.25, 0.3) is 0 Å². The van der Waals surface area contributed by atoms with Gasteiger partial charge in [0, 0.05) is 14.2 Å². The van der Waals surface area contributed by atoms with Crippen LogP contribution in [0, 0.1) is 3.57 Å². The van der Waals surface area contributed by atoms with Crippen LogP contribution in [0.4, 0.5) is 8.78 Å². The highest BCUT2D eigenvalue weighted by Gasteiger charge is 2.47. The molecular weight excluding hydrogens is 354 g/mol. The molecule has 0 aromatic heterocycles. The van der Waals surface area contributed by atoms with Crippen LogP contribution in [0.1, 0.15) is 11.6 Å². The van der Waals surface area contributed by atoms with Gasteiger partial charge in [0.2, 0.25) is 0 Å². The maximum Gasteiger partial charge on any atom is 0.376 e. The van der Waals surface area contributed by atoms with Gasteiger partial charge in [-0.3, -0.25) is 0 Å². The van der Waals surface area contributed by atoms with Gasteiger partial charge in [0.1, 0.15) is 6.04 Å². The van der Waals surface area contributed by atoms with E-state index in [1.165, 1.54) is 12.1 Å². The number of hydrogen-bond acceptors (Lipinski definition) is 2. The van der Waals surface area contributed by atoms with Crippen molar-refractivity contribution in [1.29, 1.82) is 0 Å². The van der Waals surface area contributed by atoms with Gasteiger partial charge in [-0.05, 0) is 34.7 Å². The molecule has 88 valence electrons. The van der Waals surface area contributed by atoms with E-state index in [1.807, 2.05) is 0 Å². The van der Waals surface area contributed by atoms with Gasteiger partial charge in [-0.15, -0.1) is 0 Å². The van der Waals surface area contributed by atoms with Crippen LogP contribution < -0.4 is 5.73 Å². The quantitative estimate of drug-likeness (QED) is 0.814. The molecule has 0 unspecified atom stereocenters. The van der Waals surface area contributed by atoms with E-state index >= 15 is 0 Å². The molecule has 1 atom stereocenters. The number of alkyl halides is 2. The van der Waals surface area contributed by atoms with E-state index in [-0.39, 0.29) is 10.6 Å². The lowest BCUT2D eigenvalue weighted by atomic mass is 10.0. The van der Waals surface area contributed by atoms with E-state index in [2.05, 4.69) is 0 Å². The first kappa shape index (κ1) is 13.6. The molecule has 0 heterocycles. The predicted octanol–water partition coefficient (Wildman–Crippen LogP) is 2.66. The van der Waals surface area contributed by atoms with Gasteiger partial charge in [-0.25, -0.2) is 4.79 Å². The molecule has 0 amide bonds. The molecule has 1 rings (SSSR count). The van der Waals surface area contributed by atoms with Crippen molar-refractivity contribution in [3.8, 4) is 0 Å². The highest BCUT2D eigenvalue weighted by Crippen LogP contribution is 2.35. The molecule has 0 fully saturated rings. The van der Waals surface area contributed by atoms with E-state index in [0.29, 0.717) is 3.57 Å². The van der Waals surface area contributed by atoms with Crippen molar-refractivity contribution in [2.75, 3.05) is 0 Å². The Morgan fingerprint density at radius 1 is 1.56 bits per heavy atom. The summed E-state index contributed by atoms with van der Waals surface area (Å²) in [5.74, 6) is -6.32. The van der Waals surface area contributed by atoms with E-state index in [9.17, 15) is 13.6 Å². The van der Waals surface area contributed by atoms with Crippen molar-refractivity contribution in [1.82, 2.24) is 0 Å². The van der Waals surface area contributed by atoms with Crippen molar-refractivity contribution in [3.63, 3.8) is 0 Å². The summed E-state index contributed by atoms with van der Waals surface area (Å²) in [5.41, 5.74) is 5.20. The second-order valence-electron chi connectivity index (χ2n) is 3.04. The summed E-state index contributed by atoms with van der Waals surface area (Å²) < 4.78 is 26.8. The van der Waals surface area contributed by atoms with Crippen LogP contribution in [-0.4, -0.2) is 17.0 Å². The number of carbonyl (C=O) groups is 1. The summed E-state index contributed by atoms with van der Waals surface area (Å²) >= 11 is 7.50. The van der Waals surface area contributed by atoms with Crippen molar-refractivity contribution in [3.05, 3.63) is 32.4 Å². The van der Waals surface area contributed by atoms with E-state index in [1.54, 1.807) is 28.7 Å². The zero-order valence-electron chi connectivity index (χ0n) is 7.75. The molecule has 1 aromatic carbocycles. The Bertz CT molecular complexity index is 408. The third-order valence-corrected chi connectivity index (χ3v) is 3.26. The standard InChI is InChI=1S/C9H7ClF2INO2/c10-4-2-1-3-5(13)6(4)7(14)9(11,12)8(15)16/h1-3,7H,14H2,(H,15,16)/t7-/m1/s1. The first-order chi connectivity index (χ1) is 7.28.